The molecule has 2 aromatic carbocycles. The lowest BCUT2D eigenvalue weighted by Crippen LogP contribution is -2.26. The molecule has 2 rings (SSSR count). The van der Waals surface area contributed by atoms with E-state index in [-0.39, 0.29) is 22.2 Å². The number of sulfonamides is 1. The van der Waals surface area contributed by atoms with Crippen LogP contribution in [-0.2, 0) is 14.8 Å². The lowest BCUT2D eigenvalue weighted by atomic mass is 10.1. The summed E-state index contributed by atoms with van der Waals surface area (Å²) in [4.78, 5) is 25.1. The van der Waals surface area contributed by atoms with Crippen molar-refractivity contribution in [3.05, 3.63) is 58.6 Å². The molecule has 10 heteroatoms. The van der Waals surface area contributed by atoms with Crippen LogP contribution >= 0.6 is 11.6 Å². The van der Waals surface area contributed by atoms with Crippen LogP contribution in [0.4, 0.5) is 11.4 Å². The van der Waals surface area contributed by atoms with E-state index in [2.05, 4.69) is 15.4 Å². The summed E-state index contributed by atoms with van der Waals surface area (Å²) < 4.78 is 30.0. The Kier molecular flexibility index (Phi) is 8.00. The Labute approximate surface area is 174 Å². The molecule has 0 atom stereocenters. The first kappa shape index (κ1) is 22.7. The molecule has 2 amide bonds. The van der Waals surface area contributed by atoms with Gasteiger partial charge in [0.1, 0.15) is 0 Å². The van der Waals surface area contributed by atoms with E-state index in [1.165, 1.54) is 18.2 Å². The Morgan fingerprint density at radius 2 is 1.79 bits per heavy atom. The molecule has 0 aromatic heterocycles. The first-order chi connectivity index (χ1) is 13.7. The van der Waals surface area contributed by atoms with Crippen LogP contribution in [0, 0.1) is 0 Å². The van der Waals surface area contributed by atoms with Crippen molar-refractivity contribution >= 4 is 44.8 Å². The fourth-order valence-corrected chi connectivity index (χ4v) is 3.23. The average molecular weight is 440 g/mol. The van der Waals surface area contributed by atoms with Crippen LogP contribution in [0.5, 0.6) is 0 Å². The van der Waals surface area contributed by atoms with E-state index >= 15 is 0 Å². The molecule has 0 spiro atoms. The van der Waals surface area contributed by atoms with Crippen molar-refractivity contribution in [3.8, 4) is 0 Å². The second-order valence-corrected chi connectivity index (χ2v) is 8.33. The largest absolute Gasteiger partial charge is 0.385 e. The number of carbonyl (C=O) groups excluding carboxylic acids is 2. The van der Waals surface area contributed by atoms with E-state index in [1.54, 1.807) is 31.4 Å². The molecule has 0 saturated carbocycles. The molecule has 0 aliphatic rings. The third-order valence-corrected chi connectivity index (χ3v) is 4.68. The van der Waals surface area contributed by atoms with Crippen LogP contribution in [0.1, 0.15) is 27.1 Å². The summed E-state index contributed by atoms with van der Waals surface area (Å²) in [6, 6.07) is 10.7. The van der Waals surface area contributed by atoms with Gasteiger partial charge in [-0.05, 0) is 36.8 Å². The topological polar surface area (TPSA) is 114 Å². The van der Waals surface area contributed by atoms with Gasteiger partial charge < -0.3 is 15.4 Å². The van der Waals surface area contributed by atoms with Crippen molar-refractivity contribution in [2.24, 2.45) is 0 Å². The van der Waals surface area contributed by atoms with Crippen molar-refractivity contribution in [3.63, 3.8) is 0 Å². The first-order valence-electron chi connectivity index (χ1n) is 8.66. The Hall–Kier alpha value is -2.62. The van der Waals surface area contributed by atoms with Crippen LogP contribution in [-0.4, -0.2) is 46.7 Å². The minimum atomic E-state index is -3.51. The predicted molar refractivity (Wildman–Crippen MR) is 113 cm³/mol. The summed E-state index contributed by atoms with van der Waals surface area (Å²) in [6.07, 6.45) is 1.66. The van der Waals surface area contributed by atoms with Crippen molar-refractivity contribution in [2.75, 3.05) is 36.6 Å². The Morgan fingerprint density at radius 3 is 2.48 bits per heavy atom. The fourth-order valence-electron chi connectivity index (χ4n) is 2.47. The molecule has 0 unspecified atom stereocenters. The highest BCUT2D eigenvalue weighted by Gasteiger charge is 2.17. The summed E-state index contributed by atoms with van der Waals surface area (Å²) in [7, 11) is -1.93. The van der Waals surface area contributed by atoms with Gasteiger partial charge in [0.2, 0.25) is 10.0 Å². The highest BCUT2D eigenvalue weighted by atomic mass is 35.5. The zero-order chi connectivity index (χ0) is 21.4. The van der Waals surface area contributed by atoms with Crippen molar-refractivity contribution < 1.29 is 22.7 Å². The molecule has 0 radical (unpaired) electrons. The van der Waals surface area contributed by atoms with E-state index in [0.717, 1.165) is 6.26 Å². The van der Waals surface area contributed by atoms with Crippen molar-refractivity contribution in [1.82, 2.24) is 5.32 Å². The number of ether oxygens (including phenoxy) is 1. The van der Waals surface area contributed by atoms with Crippen LogP contribution in [0.2, 0.25) is 5.02 Å². The van der Waals surface area contributed by atoms with Gasteiger partial charge in [0.15, 0.2) is 0 Å². The zero-order valence-electron chi connectivity index (χ0n) is 16.0. The monoisotopic (exact) mass is 439 g/mol. The van der Waals surface area contributed by atoms with E-state index in [4.69, 9.17) is 16.3 Å². The number of benzene rings is 2. The Balaban J connectivity index is 2.19. The molecular formula is C19H22ClN3O5S. The maximum absolute atomic E-state index is 12.7. The average Bonchev–Trinajstić information content (AvgIpc) is 2.66. The highest BCUT2D eigenvalue weighted by Crippen LogP contribution is 2.23. The number of para-hydroxylation sites is 1. The molecule has 2 aromatic rings. The summed E-state index contributed by atoms with van der Waals surface area (Å²) in [5.74, 6) is -0.914. The molecule has 0 heterocycles. The third kappa shape index (κ3) is 7.04. The zero-order valence-corrected chi connectivity index (χ0v) is 17.6. The van der Waals surface area contributed by atoms with Crippen LogP contribution in [0.15, 0.2) is 42.5 Å². The van der Waals surface area contributed by atoms with Gasteiger partial charge >= 0.3 is 0 Å². The maximum atomic E-state index is 12.7. The second-order valence-electron chi connectivity index (χ2n) is 6.17. The SMILES string of the molecule is COCCCNC(=O)c1ccccc1NC(=O)c1cc(NS(C)(=O)=O)ccc1Cl. The molecule has 0 bridgehead atoms. The standard InChI is InChI=1S/C19H22ClN3O5S/c1-28-11-5-10-21-18(24)14-6-3-4-7-17(14)22-19(25)15-12-13(8-9-16(15)20)23-29(2,26)27/h3-4,6-9,12,23H,5,10-11H2,1-2H3,(H,21,24)(H,22,25). The highest BCUT2D eigenvalue weighted by molar-refractivity contribution is 7.92. The summed E-state index contributed by atoms with van der Waals surface area (Å²) in [6.45, 7) is 0.953. The maximum Gasteiger partial charge on any atom is 0.257 e. The van der Waals surface area contributed by atoms with Gasteiger partial charge in [-0.25, -0.2) is 8.42 Å². The minimum Gasteiger partial charge on any atom is -0.385 e. The quantitative estimate of drug-likeness (QED) is 0.520. The van der Waals surface area contributed by atoms with Crippen LogP contribution < -0.4 is 15.4 Å². The van der Waals surface area contributed by atoms with Crippen molar-refractivity contribution in [2.45, 2.75) is 6.42 Å². The minimum absolute atomic E-state index is 0.0654. The lowest BCUT2D eigenvalue weighted by molar-refractivity contribution is 0.0949. The number of rotatable bonds is 9. The van der Waals surface area contributed by atoms with Gasteiger partial charge in [-0.3, -0.25) is 14.3 Å². The van der Waals surface area contributed by atoms with Crippen LogP contribution in [0.25, 0.3) is 0 Å². The molecule has 0 saturated heterocycles. The number of hydrogen-bond acceptors (Lipinski definition) is 5. The number of amides is 2. The Bertz CT molecular complexity index is 995. The normalized spacial score (nSPS) is 11.0. The molecule has 0 fully saturated rings. The lowest BCUT2D eigenvalue weighted by Gasteiger charge is -2.13. The van der Waals surface area contributed by atoms with Gasteiger partial charge in [-0.15, -0.1) is 0 Å². The van der Waals surface area contributed by atoms with E-state index < -0.39 is 15.9 Å². The number of carbonyl (C=O) groups is 2. The molecule has 8 nitrogen and oxygen atoms in total. The number of nitrogens with one attached hydrogen (secondary N) is 3. The second kappa shape index (κ2) is 10.2. The summed E-state index contributed by atoms with van der Waals surface area (Å²) in [5.41, 5.74) is 0.862. The first-order valence-corrected chi connectivity index (χ1v) is 10.9. The molecular weight excluding hydrogens is 418 g/mol. The number of anilines is 2. The van der Waals surface area contributed by atoms with E-state index in [9.17, 15) is 18.0 Å². The summed E-state index contributed by atoms with van der Waals surface area (Å²) in [5, 5.41) is 5.56. The van der Waals surface area contributed by atoms with Gasteiger partial charge in [0.05, 0.1) is 28.1 Å². The van der Waals surface area contributed by atoms with Gasteiger partial charge in [0.25, 0.3) is 11.8 Å². The smallest absolute Gasteiger partial charge is 0.257 e. The third-order valence-electron chi connectivity index (χ3n) is 3.74. The van der Waals surface area contributed by atoms with E-state index in [1.807, 2.05) is 0 Å². The van der Waals surface area contributed by atoms with Crippen LogP contribution in [0.3, 0.4) is 0 Å². The van der Waals surface area contributed by atoms with Gasteiger partial charge in [0, 0.05) is 25.9 Å². The number of halogens is 1. The summed E-state index contributed by atoms with van der Waals surface area (Å²) >= 11 is 6.10. The molecule has 0 aliphatic carbocycles. The molecule has 156 valence electrons. The predicted octanol–water partition coefficient (Wildman–Crippen LogP) is 2.73. The number of methoxy groups -OCH3 is 1. The molecule has 3 N–H and O–H groups in total. The molecule has 29 heavy (non-hydrogen) atoms. The number of hydrogen-bond donors (Lipinski definition) is 3. The fraction of sp³-hybridized carbons (Fsp3) is 0.263. The van der Waals surface area contributed by atoms with Crippen molar-refractivity contribution in [1.29, 1.82) is 0 Å². The van der Waals surface area contributed by atoms with Gasteiger partial charge in [-0.2, -0.15) is 0 Å². The Morgan fingerprint density at radius 1 is 1.07 bits per heavy atom. The van der Waals surface area contributed by atoms with Gasteiger partial charge in [-0.1, -0.05) is 23.7 Å². The molecule has 0 aliphatic heterocycles. The van der Waals surface area contributed by atoms with E-state index in [0.29, 0.717) is 30.8 Å².